The molecule has 1 aliphatic carbocycles. The first kappa shape index (κ1) is 23.7. The zero-order valence-corrected chi connectivity index (χ0v) is 19.8. The fourth-order valence-corrected chi connectivity index (χ4v) is 4.84. The molecular formula is C28H30FN3O2. The summed E-state index contributed by atoms with van der Waals surface area (Å²) in [6.07, 6.45) is 9.38. The highest BCUT2D eigenvalue weighted by Gasteiger charge is 2.20. The molecule has 0 saturated heterocycles. The molecule has 1 fully saturated rings. The van der Waals surface area contributed by atoms with Gasteiger partial charge in [0.25, 0.3) is 5.56 Å². The summed E-state index contributed by atoms with van der Waals surface area (Å²) in [7, 11) is 3.15. The van der Waals surface area contributed by atoms with E-state index in [1.165, 1.54) is 57.8 Å². The topological polar surface area (TPSA) is 48.5 Å². The zero-order chi connectivity index (χ0) is 24.1. The van der Waals surface area contributed by atoms with Gasteiger partial charge in [-0.15, -0.1) is 0 Å². The minimum atomic E-state index is -0.534. The van der Waals surface area contributed by atoms with Crippen LogP contribution in [0.3, 0.4) is 0 Å². The van der Waals surface area contributed by atoms with Crippen molar-refractivity contribution in [2.45, 2.75) is 51.4 Å². The molecule has 1 aromatic heterocycles. The van der Waals surface area contributed by atoms with E-state index in [4.69, 9.17) is 16.3 Å². The number of aromatic nitrogens is 2. The van der Waals surface area contributed by atoms with Crippen molar-refractivity contribution in [1.82, 2.24) is 9.55 Å². The van der Waals surface area contributed by atoms with Crippen LogP contribution in [0.2, 0.25) is 0 Å². The van der Waals surface area contributed by atoms with E-state index in [2.05, 4.69) is 4.85 Å². The summed E-state index contributed by atoms with van der Waals surface area (Å²) in [5, 5.41) is 0. The van der Waals surface area contributed by atoms with Crippen molar-refractivity contribution < 1.29 is 9.13 Å². The second-order valence-electron chi connectivity index (χ2n) is 9.02. The van der Waals surface area contributed by atoms with Gasteiger partial charge < -0.3 is 4.74 Å². The number of benzene rings is 2. The first-order chi connectivity index (χ1) is 16.5. The van der Waals surface area contributed by atoms with Crippen molar-refractivity contribution >= 4 is 5.69 Å². The lowest BCUT2D eigenvalue weighted by atomic mass is 9.94. The summed E-state index contributed by atoms with van der Waals surface area (Å²) in [6.45, 7) is 7.22. The third kappa shape index (κ3) is 5.04. The van der Waals surface area contributed by atoms with Crippen molar-refractivity contribution in [2.75, 3.05) is 7.11 Å². The predicted molar refractivity (Wildman–Crippen MR) is 133 cm³/mol. The van der Waals surface area contributed by atoms with Crippen LogP contribution < -0.4 is 10.3 Å². The van der Waals surface area contributed by atoms with Gasteiger partial charge in [0.2, 0.25) is 0 Å². The monoisotopic (exact) mass is 459 g/mol. The molecule has 34 heavy (non-hydrogen) atoms. The number of nitrogens with zero attached hydrogens (tertiary/aromatic N) is 3. The molecular weight excluding hydrogens is 429 g/mol. The van der Waals surface area contributed by atoms with Crippen LogP contribution in [0.25, 0.3) is 27.2 Å². The Morgan fingerprint density at radius 1 is 1.09 bits per heavy atom. The minimum Gasteiger partial charge on any atom is -0.494 e. The summed E-state index contributed by atoms with van der Waals surface area (Å²) < 4.78 is 21.2. The van der Waals surface area contributed by atoms with E-state index in [0.29, 0.717) is 28.4 Å². The van der Waals surface area contributed by atoms with Gasteiger partial charge in [0.1, 0.15) is 5.82 Å². The second kappa shape index (κ2) is 10.6. The normalized spacial score (nSPS) is 14.4. The number of hydrogen-bond acceptors (Lipinski definition) is 3. The molecule has 0 spiro atoms. The third-order valence-corrected chi connectivity index (χ3v) is 6.84. The van der Waals surface area contributed by atoms with Crippen molar-refractivity contribution in [1.29, 1.82) is 0 Å². The molecule has 4 rings (SSSR count). The first-order valence-corrected chi connectivity index (χ1v) is 11.9. The van der Waals surface area contributed by atoms with Gasteiger partial charge in [0.05, 0.1) is 24.9 Å². The Balaban J connectivity index is 1.79. The lowest BCUT2D eigenvalue weighted by Crippen LogP contribution is -2.25. The Morgan fingerprint density at radius 2 is 1.76 bits per heavy atom. The van der Waals surface area contributed by atoms with Gasteiger partial charge >= 0.3 is 0 Å². The smallest absolute Gasteiger partial charge is 0.261 e. The van der Waals surface area contributed by atoms with Crippen LogP contribution in [0, 0.1) is 18.3 Å². The number of aryl methyl sites for hydroxylation is 1. The van der Waals surface area contributed by atoms with Crippen molar-refractivity contribution in [3.63, 3.8) is 0 Å². The van der Waals surface area contributed by atoms with Crippen molar-refractivity contribution in [3.8, 4) is 28.1 Å². The Kier molecular flexibility index (Phi) is 7.42. The molecule has 0 amide bonds. The van der Waals surface area contributed by atoms with E-state index in [1.807, 2.05) is 0 Å². The van der Waals surface area contributed by atoms with Crippen molar-refractivity contribution in [2.24, 2.45) is 13.0 Å². The first-order valence-electron chi connectivity index (χ1n) is 11.9. The highest BCUT2D eigenvalue weighted by Crippen LogP contribution is 2.32. The summed E-state index contributed by atoms with van der Waals surface area (Å²) in [4.78, 5) is 22.0. The van der Waals surface area contributed by atoms with Gasteiger partial charge in [0.15, 0.2) is 17.3 Å². The summed E-state index contributed by atoms with van der Waals surface area (Å²) in [5.41, 5.74) is 2.34. The zero-order valence-electron chi connectivity index (χ0n) is 19.8. The molecule has 176 valence electrons. The Hall–Kier alpha value is -3.46. The number of ether oxygens (including phenoxy) is 1. The minimum absolute atomic E-state index is 0.122. The van der Waals surface area contributed by atoms with Crippen molar-refractivity contribution in [3.05, 3.63) is 75.9 Å². The molecule has 0 radical (unpaired) electrons. The van der Waals surface area contributed by atoms with Crippen LogP contribution in [0.1, 0.15) is 50.8 Å². The molecule has 5 nitrogen and oxygen atoms in total. The molecule has 0 unspecified atom stereocenters. The van der Waals surface area contributed by atoms with Gasteiger partial charge in [-0.2, -0.15) is 0 Å². The Morgan fingerprint density at radius 3 is 2.38 bits per heavy atom. The number of hydrogen-bond donors (Lipinski definition) is 0. The Bertz CT molecular complexity index is 1250. The highest BCUT2D eigenvalue weighted by molar-refractivity contribution is 5.81. The average Bonchev–Trinajstić information content (AvgIpc) is 3.14. The quantitative estimate of drug-likeness (QED) is 0.304. The standard InChI is InChI=1S/C28H30FN3O2/c1-30-22-14-11-20(12-15-22)27-26(21-13-16-24(34-3)23(29)18-21)28(33)32(2)25(31-27)17-10-19-8-6-4-5-7-9-19/h11-16,18-19H,4-10,17H2,2-3H3. The van der Waals surface area contributed by atoms with Crippen LogP contribution in [0.15, 0.2) is 47.3 Å². The number of methoxy groups -OCH3 is 1. The van der Waals surface area contributed by atoms with Gasteiger partial charge in [-0.05, 0) is 35.6 Å². The van der Waals surface area contributed by atoms with Gasteiger partial charge in [0, 0.05) is 13.5 Å². The molecule has 0 aliphatic heterocycles. The van der Waals surface area contributed by atoms with Gasteiger partial charge in [-0.1, -0.05) is 68.9 Å². The van der Waals surface area contributed by atoms with E-state index in [0.717, 1.165) is 24.2 Å². The van der Waals surface area contributed by atoms with Crippen LogP contribution in [-0.4, -0.2) is 16.7 Å². The van der Waals surface area contributed by atoms with E-state index >= 15 is 0 Å². The largest absolute Gasteiger partial charge is 0.494 e. The maximum Gasteiger partial charge on any atom is 0.261 e. The van der Waals surface area contributed by atoms with Crippen LogP contribution in [-0.2, 0) is 13.5 Å². The van der Waals surface area contributed by atoms with E-state index < -0.39 is 5.82 Å². The lowest BCUT2D eigenvalue weighted by molar-refractivity contribution is 0.386. The molecule has 1 heterocycles. The summed E-state index contributed by atoms with van der Waals surface area (Å²) in [5.74, 6) is 0.984. The molecule has 1 saturated carbocycles. The van der Waals surface area contributed by atoms with Gasteiger partial charge in [-0.3, -0.25) is 9.36 Å². The summed E-state index contributed by atoms with van der Waals surface area (Å²) >= 11 is 0. The maximum atomic E-state index is 14.6. The third-order valence-electron chi connectivity index (χ3n) is 6.84. The molecule has 2 aromatic carbocycles. The van der Waals surface area contributed by atoms with Crippen LogP contribution in [0.5, 0.6) is 5.75 Å². The van der Waals surface area contributed by atoms with E-state index in [-0.39, 0.29) is 11.3 Å². The molecule has 6 heteroatoms. The number of rotatable bonds is 6. The SMILES string of the molecule is [C-]#[N+]c1ccc(-c2nc(CCC3CCCCCC3)n(C)c(=O)c2-c2ccc(OC)c(F)c2)cc1. The Labute approximate surface area is 200 Å². The lowest BCUT2D eigenvalue weighted by Gasteiger charge is -2.18. The van der Waals surface area contributed by atoms with Crippen LogP contribution in [0.4, 0.5) is 10.1 Å². The fraction of sp³-hybridized carbons (Fsp3) is 0.393. The number of halogens is 1. The fourth-order valence-electron chi connectivity index (χ4n) is 4.84. The van der Waals surface area contributed by atoms with E-state index in [9.17, 15) is 9.18 Å². The molecule has 0 bridgehead atoms. The maximum absolute atomic E-state index is 14.6. The summed E-state index contributed by atoms with van der Waals surface area (Å²) in [6, 6.07) is 11.6. The molecule has 0 atom stereocenters. The highest BCUT2D eigenvalue weighted by atomic mass is 19.1. The molecule has 0 N–H and O–H groups in total. The van der Waals surface area contributed by atoms with E-state index in [1.54, 1.807) is 41.9 Å². The average molecular weight is 460 g/mol. The van der Waals surface area contributed by atoms with Gasteiger partial charge in [-0.25, -0.2) is 14.2 Å². The molecule has 3 aromatic rings. The second-order valence-corrected chi connectivity index (χ2v) is 9.02. The predicted octanol–water partition coefficient (Wildman–Crippen LogP) is 6.72. The molecule has 1 aliphatic rings. The van der Waals surface area contributed by atoms with Crippen LogP contribution >= 0.6 is 0 Å².